The first kappa shape index (κ1) is 39.4. The van der Waals surface area contributed by atoms with Gasteiger partial charge in [0.25, 0.3) is 0 Å². The minimum Gasteiger partial charge on any atom is -0.356 e. The maximum atomic E-state index is 12.0. The van der Waals surface area contributed by atoms with Gasteiger partial charge in [0.05, 0.1) is 0 Å². The van der Waals surface area contributed by atoms with Crippen molar-refractivity contribution in [2.24, 2.45) is 0 Å². The van der Waals surface area contributed by atoms with Crippen LogP contribution in [0.4, 0.5) is 0 Å². The fraction of sp³-hybridized carbons (Fsp3) is 0.912. The molecule has 0 spiro atoms. The minimum absolute atomic E-state index is 0.0568. The molecule has 0 rings (SSSR count). The molecule has 0 aromatic rings. The van der Waals surface area contributed by atoms with Gasteiger partial charge in [-0.1, -0.05) is 122 Å². The Morgan fingerprint density at radius 2 is 0.756 bits per heavy atom. The maximum absolute atomic E-state index is 12.0. The van der Waals surface area contributed by atoms with Gasteiger partial charge in [0.1, 0.15) is 0 Å². The number of unbranched alkanes of at least 4 members (excludes halogenated alkanes) is 19. The van der Waals surface area contributed by atoms with Gasteiger partial charge in [-0.15, -0.1) is 0 Å². The van der Waals surface area contributed by atoms with Gasteiger partial charge in [-0.3, -0.25) is 14.4 Å². The van der Waals surface area contributed by atoms with E-state index in [1.54, 1.807) is 0 Å². The predicted octanol–water partition coefficient (Wildman–Crippen LogP) is 7.28. The van der Waals surface area contributed by atoms with Crippen LogP contribution in [0.25, 0.3) is 0 Å². The van der Waals surface area contributed by atoms with Crippen LogP contribution in [0, 0.1) is 0 Å². The van der Waals surface area contributed by atoms with Crippen molar-refractivity contribution in [2.45, 2.75) is 161 Å². The molecule has 0 heterocycles. The number of hydrogen-bond acceptors (Lipinski definition) is 4. The van der Waals surface area contributed by atoms with E-state index in [4.69, 9.17) is 0 Å². The smallest absolute Gasteiger partial charge is 0.220 e. The third-order valence-electron chi connectivity index (χ3n) is 7.71. The molecule has 0 aliphatic carbocycles. The first-order valence-corrected chi connectivity index (χ1v) is 17.4. The molecule has 0 aliphatic heterocycles. The molecule has 0 unspecified atom stereocenters. The fourth-order valence-corrected chi connectivity index (χ4v) is 5.04. The van der Waals surface area contributed by atoms with Gasteiger partial charge in [0.15, 0.2) is 0 Å². The van der Waals surface area contributed by atoms with Crippen LogP contribution in [0.3, 0.4) is 0 Å². The lowest BCUT2D eigenvalue weighted by Gasteiger charge is -2.09. The van der Waals surface area contributed by atoms with E-state index in [9.17, 15) is 14.4 Å². The Bertz CT molecular complexity index is 613. The number of rotatable bonds is 31. The number of amides is 3. The molecule has 0 radical (unpaired) electrons. The summed E-state index contributed by atoms with van der Waals surface area (Å²) in [4.78, 5) is 38.0. The van der Waals surface area contributed by atoms with Gasteiger partial charge >= 0.3 is 0 Å². The summed E-state index contributed by atoms with van der Waals surface area (Å²) in [7, 11) is 4.16. The van der Waals surface area contributed by atoms with E-state index in [0.717, 1.165) is 32.2 Å². The largest absolute Gasteiger partial charge is 0.356 e. The van der Waals surface area contributed by atoms with Gasteiger partial charge in [-0.25, -0.2) is 0 Å². The Morgan fingerprint density at radius 1 is 0.415 bits per heavy atom. The zero-order valence-corrected chi connectivity index (χ0v) is 27.5. The summed E-state index contributed by atoms with van der Waals surface area (Å²) in [6.07, 6.45) is 28.1. The van der Waals surface area contributed by atoms with Crippen LogP contribution in [-0.4, -0.2) is 62.9 Å². The summed E-state index contributed by atoms with van der Waals surface area (Å²) in [5, 5.41) is 8.55. The Hall–Kier alpha value is -1.63. The fourth-order valence-electron chi connectivity index (χ4n) is 5.04. The lowest BCUT2D eigenvalue weighted by atomic mass is 10.0. The van der Waals surface area contributed by atoms with E-state index < -0.39 is 0 Å². The molecule has 0 saturated carbocycles. The lowest BCUT2D eigenvalue weighted by Crippen LogP contribution is -2.35. The number of hydrogen-bond donors (Lipinski definition) is 3. The molecule has 0 bridgehead atoms. The highest BCUT2D eigenvalue weighted by molar-refractivity contribution is 5.83. The van der Waals surface area contributed by atoms with Gasteiger partial charge in [-0.05, 0) is 39.9 Å². The summed E-state index contributed by atoms with van der Waals surface area (Å²) in [6, 6.07) is 0. The summed E-state index contributed by atoms with van der Waals surface area (Å²) in [5.41, 5.74) is 0. The van der Waals surface area contributed by atoms with Crippen molar-refractivity contribution in [2.75, 3.05) is 40.3 Å². The molecule has 0 atom stereocenters. The van der Waals surface area contributed by atoms with E-state index in [1.807, 2.05) is 0 Å². The summed E-state index contributed by atoms with van der Waals surface area (Å²) >= 11 is 0. The molecule has 0 aliphatic rings. The minimum atomic E-state index is -0.147. The van der Waals surface area contributed by atoms with Crippen molar-refractivity contribution in [3.05, 3.63) is 0 Å². The highest BCUT2D eigenvalue weighted by Crippen LogP contribution is 2.14. The van der Waals surface area contributed by atoms with Crippen molar-refractivity contribution < 1.29 is 14.4 Å². The van der Waals surface area contributed by atoms with Crippen LogP contribution >= 0.6 is 0 Å². The molecular weight excluding hydrogens is 512 g/mol. The summed E-state index contributed by atoms with van der Waals surface area (Å²) < 4.78 is 0. The van der Waals surface area contributed by atoms with Crippen molar-refractivity contribution in [1.82, 2.24) is 20.9 Å². The number of carbonyl (C=O) groups excluding carboxylic acids is 3. The molecule has 0 aromatic carbocycles. The predicted molar refractivity (Wildman–Crippen MR) is 174 cm³/mol. The molecule has 0 fully saturated rings. The summed E-state index contributed by atoms with van der Waals surface area (Å²) in [6.45, 7) is 4.89. The third kappa shape index (κ3) is 32.7. The molecule has 0 aromatic heterocycles. The Morgan fingerprint density at radius 3 is 1.20 bits per heavy atom. The molecule has 41 heavy (non-hydrogen) atoms. The number of nitrogens with zero attached hydrogens (tertiary/aromatic N) is 1. The van der Waals surface area contributed by atoms with Crippen LogP contribution in [0.15, 0.2) is 0 Å². The Balaban J connectivity index is 3.36. The van der Waals surface area contributed by atoms with E-state index >= 15 is 0 Å². The number of nitrogens with one attached hydrogen (secondary N) is 3. The zero-order chi connectivity index (χ0) is 30.2. The van der Waals surface area contributed by atoms with E-state index in [1.165, 1.54) is 109 Å². The van der Waals surface area contributed by atoms with E-state index in [-0.39, 0.29) is 30.6 Å². The first-order valence-electron chi connectivity index (χ1n) is 17.4. The molecular formula is C34H68N4O3. The standard InChI is InChI=1S/C34H68N4O3/c1-4-5-6-7-8-9-10-11-12-13-14-15-16-17-18-19-22-25-32(39)36-29-30-37-34(41)27-26-33(40)35-28-23-20-21-24-31-38(2)3/h4-31H2,1-3H3,(H,35,40)(H,36,39)(H,37,41). The highest BCUT2D eigenvalue weighted by Gasteiger charge is 2.07. The van der Waals surface area contributed by atoms with Crippen LogP contribution in [0.2, 0.25) is 0 Å². The maximum Gasteiger partial charge on any atom is 0.220 e. The Kier molecular flexibility index (Phi) is 30.1. The van der Waals surface area contributed by atoms with Crippen LogP contribution in [-0.2, 0) is 14.4 Å². The second-order valence-electron chi connectivity index (χ2n) is 12.2. The van der Waals surface area contributed by atoms with Gasteiger partial charge in [-0.2, -0.15) is 0 Å². The van der Waals surface area contributed by atoms with Crippen LogP contribution < -0.4 is 16.0 Å². The highest BCUT2D eigenvalue weighted by atomic mass is 16.2. The van der Waals surface area contributed by atoms with Gasteiger partial charge < -0.3 is 20.9 Å². The van der Waals surface area contributed by atoms with Crippen LogP contribution in [0.1, 0.15) is 161 Å². The Labute approximate surface area is 254 Å². The monoisotopic (exact) mass is 581 g/mol. The second-order valence-corrected chi connectivity index (χ2v) is 12.2. The quantitative estimate of drug-likeness (QED) is 0.0752. The van der Waals surface area contributed by atoms with Crippen molar-refractivity contribution in [3.63, 3.8) is 0 Å². The SMILES string of the molecule is CCCCCCCCCCCCCCCCCCCC(=O)NCCNC(=O)CCC(=O)NCCCCCCN(C)C. The molecule has 3 amide bonds. The average Bonchev–Trinajstić information content (AvgIpc) is 2.95. The second kappa shape index (κ2) is 31.3. The molecule has 7 heteroatoms. The van der Waals surface area contributed by atoms with Crippen LogP contribution in [0.5, 0.6) is 0 Å². The van der Waals surface area contributed by atoms with E-state index in [2.05, 4.69) is 41.9 Å². The molecule has 7 nitrogen and oxygen atoms in total. The third-order valence-corrected chi connectivity index (χ3v) is 7.71. The number of carbonyl (C=O) groups is 3. The topological polar surface area (TPSA) is 90.5 Å². The van der Waals surface area contributed by atoms with Crippen molar-refractivity contribution >= 4 is 17.7 Å². The zero-order valence-electron chi connectivity index (χ0n) is 27.5. The van der Waals surface area contributed by atoms with Crippen molar-refractivity contribution in [3.8, 4) is 0 Å². The molecule has 0 saturated heterocycles. The normalized spacial score (nSPS) is 11.1. The van der Waals surface area contributed by atoms with Crippen molar-refractivity contribution in [1.29, 1.82) is 0 Å². The lowest BCUT2D eigenvalue weighted by molar-refractivity contribution is -0.126. The molecule has 3 N–H and O–H groups in total. The first-order chi connectivity index (χ1) is 20.0. The summed E-state index contributed by atoms with van der Waals surface area (Å²) in [5.74, 6) is -0.164. The molecule has 242 valence electrons. The average molecular weight is 581 g/mol. The van der Waals surface area contributed by atoms with Gasteiger partial charge in [0, 0.05) is 38.9 Å². The van der Waals surface area contributed by atoms with Gasteiger partial charge in [0.2, 0.25) is 17.7 Å². The van der Waals surface area contributed by atoms with E-state index in [0.29, 0.717) is 26.1 Å².